The third kappa shape index (κ3) is 6.54. The van der Waals surface area contributed by atoms with Crippen molar-refractivity contribution in [2.45, 2.75) is 137 Å². The van der Waals surface area contributed by atoms with Crippen LogP contribution in [0.5, 0.6) is 0 Å². The van der Waals surface area contributed by atoms with Crippen LogP contribution in [0.15, 0.2) is 115 Å². The maximum Gasteiger partial charge on any atom is 0.252 e. The highest BCUT2D eigenvalue weighted by Crippen LogP contribution is 2.52. The van der Waals surface area contributed by atoms with Gasteiger partial charge >= 0.3 is 0 Å². The van der Waals surface area contributed by atoms with Crippen molar-refractivity contribution in [2.24, 2.45) is 0 Å². The molecule has 0 amide bonds. The minimum atomic E-state index is 0.00192. The van der Waals surface area contributed by atoms with E-state index >= 15 is 0 Å². The molecule has 6 aromatic rings. The van der Waals surface area contributed by atoms with Gasteiger partial charge in [-0.25, -0.2) is 0 Å². The van der Waals surface area contributed by atoms with E-state index in [0.29, 0.717) is 17.8 Å². The minimum absolute atomic E-state index is 0.00192. The van der Waals surface area contributed by atoms with Gasteiger partial charge in [0.1, 0.15) is 0 Å². The van der Waals surface area contributed by atoms with Crippen molar-refractivity contribution in [3.8, 4) is 11.1 Å². The molecule has 2 nitrogen and oxygen atoms in total. The van der Waals surface area contributed by atoms with E-state index in [1.54, 1.807) is 0 Å². The van der Waals surface area contributed by atoms with E-state index in [1.807, 2.05) is 0 Å². The summed E-state index contributed by atoms with van der Waals surface area (Å²) in [6.45, 7) is 31.0. The molecule has 1 aliphatic carbocycles. The van der Waals surface area contributed by atoms with Gasteiger partial charge < -0.3 is 9.80 Å². The third-order valence-corrected chi connectivity index (χ3v) is 14.4. The van der Waals surface area contributed by atoms with Crippen LogP contribution in [0.25, 0.3) is 11.1 Å². The third-order valence-electron chi connectivity index (χ3n) is 14.4. The number of rotatable bonds is 6. The zero-order chi connectivity index (χ0) is 42.6. The number of benzene rings is 6. The first-order chi connectivity index (χ1) is 28.4. The number of hydrogen-bond acceptors (Lipinski definition) is 2. The average molecular weight is 789 g/mol. The van der Waals surface area contributed by atoms with Crippen LogP contribution in [0.1, 0.15) is 154 Å². The van der Waals surface area contributed by atoms with Crippen molar-refractivity contribution in [3.63, 3.8) is 0 Å². The summed E-state index contributed by atoms with van der Waals surface area (Å²) >= 11 is 0. The Morgan fingerprint density at radius 3 is 1.72 bits per heavy atom. The fourth-order valence-electron chi connectivity index (χ4n) is 10.4. The van der Waals surface area contributed by atoms with Gasteiger partial charge in [0.15, 0.2) is 0 Å². The predicted molar refractivity (Wildman–Crippen MR) is 262 cm³/mol. The molecule has 0 radical (unpaired) electrons. The van der Waals surface area contributed by atoms with E-state index in [9.17, 15) is 0 Å². The smallest absolute Gasteiger partial charge is 0.252 e. The topological polar surface area (TPSA) is 6.48 Å². The Morgan fingerprint density at radius 1 is 0.500 bits per heavy atom. The molecule has 0 unspecified atom stereocenters. The zero-order valence-electron chi connectivity index (χ0n) is 38.6. The number of anilines is 6. The molecular weight excluding hydrogens is 723 g/mol. The van der Waals surface area contributed by atoms with Crippen LogP contribution in [0.3, 0.4) is 0 Å². The second-order valence-corrected chi connectivity index (χ2v) is 21.5. The molecule has 0 saturated carbocycles. The van der Waals surface area contributed by atoms with E-state index in [4.69, 9.17) is 0 Å². The van der Waals surface area contributed by atoms with Crippen LogP contribution in [-0.4, -0.2) is 6.71 Å². The molecule has 306 valence electrons. The molecule has 6 aromatic carbocycles. The predicted octanol–water partition coefficient (Wildman–Crippen LogP) is 14.5. The van der Waals surface area contributed by atoms with E-state index in [0.717, 1.165) is 0 Å². The summed E-state index contributed by atoms with van der Waals surface area (Å²) < 4.78 is 0. The monoisotopic (exact) mass is 789 g/mol. The Labute approximate surface area is 362 Å². The Balaban J connectivity index is 1.45. The van der Waals surface area contributed by atoms with Crippen molar-refractivity contribution < 1.29 is 0 Å². The Hall–Kier alpha value is -5.02. The van der Waals surface area contributed by atoms with Crippen molar-refractivity contribution in [2.75, 3.05) is 9.80 Å². The summed E-state index contributed by atoms with van der Waals surface area (Å²) in [6.07, 6.45) is 2.36. The fourth-order valence-corrected chi connectivity index (χ4v) is 10.4. The molecule has 3 aliphatic rings. The molecule has 0 spiro atoms. The molecule has 2 heterocycles. The van der Waals surface area contributed by atoms with Gasteiger partial charge in [-0.2, -0.15) is 0 Å². The van der Waals surface area contributed by atoms with E-state index < -0.39 is 0 Å². The normalized spacial score (nSPS) is 16.2. The molecule has 60 heavy (non-hydrogen) atoms. The summed E-state index contributed by atoms with van der Waals surface area (Å²) in [5, 5.41) is 0. The van der Waals surface area contributed by atoms with Crippen molar-refractivity contribution in [3.05, 3.63) is 149 Å². The molecule has 0 aromatic heterocycles. The number of hydrogen-bond donors (Lipinski definition) is 0. The van der Waals surface area contributed by atoms with Crippen LogP contribution in [0.4, 0.5) is 34.1 Å². The average Bonchev–Trinajstić information content (AvgIpc) is 3.21. The zero-order valence-corrected chi connectivity index (χ0v) is 38.6. The Kier molecular flexibility index (Phi) is 9.62. The molecule has 0 fully saturated rings. The van der Waals surface area contributed by atoms with Crippen LogP contribution < -0.4 is 26.2 Å². The molecule has 0 atom stereocenters. The van der Waals surface area contributed by atoms with Gasteiger partial charge in [0.25, 0.3) is 6.71 Å². The van der Waals surface area contributed by atoms with Gasteiger partial charge in [0, 0.05) is 34.0 Å². The highest BCUT2D eigenvalue weighted by atomic mass is 15.2. The Bertz CT molecular complexity index is 2640. The van der Waals surface area contributed by atoms with Gasteiger partial charge in [0.05, 0.1) is 5.69 Å². The van der Waals surface area contributed by atoms with Crippen LogP contribution in [-0.2, 0) is 16.2 Å². The summed E-state index contributed by atoms with van der Waals surface area (Å²) in [7, 11) is 0. The maximum absolute atomic E-state index is 2.69. The largest absolute Gasteiger partial charge is 0.311 e. The van der Waals surface area contributed by atoms with E-state index in [2.05, 4.69) is 215 Å². The summed E-state index contributed by atoms with van der Waals surface area (Å²) in [4.78, 5) is 5.32. The first-order valence-corrected chi connectivity index (χ1v) is 22.8. The van der Waals surface area contributed by atoms with Gasteiger partial charge in [0.2, 0.25) is 0 Å². The SMILES string of the molecule is CC(C)c1cccc(N2c3cc(C(C)C)ccc3B3c4cc5c(cc4N(c4ccc(C(C)(C)C)cc4-c4ccccc4)c4cc(C(C)C)cc2c43)C(C)(C)CCC5(C)C)c1. The van der Waals surface area contributed by atoms with Gasteiger partial charge in [-0.3, -0.25) is 0 Å². The summed E-state index contributed by atoms with van der Waals surface area (Å²) in [5.41, 5.74) is 23.0. The van der Waals surface area contributed by atoms with E-state index in [1.165, 1.54) is 108 Å². The molecule has 0 N–H and O–H groups in total. The number of nitrogens with zero attached hydrogens (tertiary/aromatic N) is 2. The first kappa shape index (κ1) is 40.4. The summed E-state index contributed by atoms with van der Waals surface area (Å²) in [6, 6.07) is 45.6. The van der Waals surface area contributed by atoms with Crippen molar-refractivity contribution in [1.29, 1.82) is 0 Å². The minimum Gasteiger partial charge on any atom is -0.311 e. The van der Waals surface area contributed by atoms with Gasteiger partial charge in [-0.15, -0.1) is 0 Å². The van der Waals surface area contributed by atoms with Gasteiger partial charge in [-0.1, -0.05) is 157 Å². The lowest BCUT2D eigenvalue weighted by Crippen LogP contribution is -2.62. The van der Waals surface area contributed by atoms with Crippen LogP contribution in [0.2, 0.25) is 0 Å². The van der Waals surface area contributed by atoms with Crippen molar-refractivity contribution in [1.82, 2.24) is 0 Å². The second-order valence-electron chi connectivity index (χ2n) is 21.5. The lowest BCUT2D eigenvalue weighted by molar-refractivity contribution is 0.332. The quantitative estimate of drug-likeness (QED) is 0.155. The van der Waals surface area contributed by atoms with Gasteiger partial charge in [-0.05, 0) is 151 Å². The molecule has 3 heteroatoms. The van der Waals surface area contributed by atoms with E-state index in [-0.39, 0.29) is 23.0 Å². The fraction of sp³-hybridized carbons (Fsp3) is 0.368. The first-order valence-electron chi connectivity index (χ1n) is 22.8. The second kappa shape index (κ2) is 14.3. The lowest BCUT2D eigenvalue weighted by atomic mass is 9.33. The summed E-state index contributed by atoms with van der Waals surface area (Å²) in [5.74, 6) is 1.17. The standard InChI is InChI=1S/C57H65BN2/c1-35(2)39-20-17-21-43(28-39)59-50-29-40(36(3)4)22-24-47(50)58-48-33-45-46(57(12,13)27-26-56(45,10)11)34-51(48)60(53-31-41(37(5)6)30-52(59)54(53)58)49-25-23-42(55(7,8)9)32-44(49)38-18-15-14-16-19-38/h14-25,28-37H,26-27H2,1-13H3. The molecular formula is C57H65BN2. The highest BCUT2D eigenvalue weighted by molar-refractivity contribution is 7.00. The number of fused-ring (bicyclic) bond motifs is 5. The lowest BCUT2D eigenvalue weighted by Gasteiger charge is -2.48. The van der Waals surface area contributed by atoms with Crippen molar-refractivity contribution >= 4 is 57.2 Å². The molecule has 0 saturated heterocycles. The molecule has 0 bridgehead atoms. The Morgan fingerprint density at radius 2 is 1.08 bits per heavy atom. The molecule has 2 aliphatic heterocycles. The molecule has 9 rings (SSSR count). The van der Waals surface area contributed by atoms with Crippen LogP contribution >= 0.6 is 0 Å². The maximum atomic E-state index is 2.69. The van der Waals surface area contributed by atoms with Crippen LogP contribution in [0, 0.1) is 0 Å². The highest BCUT2D eigenvalue weighted by Gasteiger charge is 2.47.